The first-order valence-electron chi connectivity index (χ1n) is 32.3. The number of aliphatic hydroxyl groups is 14. The Bertz CT molecular complexity index is 2720. The summed E-state index contributed by atoms with van der Waals surface area (Å²) in [6.07, 6.45) is -30.2. The zero-order valence-electron chi connectivity index (χ0n) is 55.7. The minimum absolute atomic E-state index is 0.0296. The van der Waals surface area contributed by atoms with E-state index in [1.807, 2.05) is 0 Å². The van der Waals surface area contributed by atoms with Crippen LogP contribution in [0.15, 0.2) is 60.7 Å². The molecular weight excluding hydrogens is 1310 g/mol. The quantitative estimate of drug-likeness (QED) is 0.0167. The molecule has 98 heavy (non-hydrogen) atoms. The Kier molecular flexibility index (Phi) is 34.6. The van der Waals surface area contributed by atoms with Gasteiger partial charge in [-0.2, -0.15) is 0 Å². The number of ether oxygens (including phenoxy) is 11. The molecule has 4 saturated heterocycles. The fourth-order valence-electron chi connectivity index (χ4n) is 11.3. The monoisotopic (exact) mass is 1410 g/mol. The smallest absolute Gasteiger partial charge is 0.251 e. The van der Waals surface area contributed by atoms with E-state index in [4.69, 9.17) is 52.1 Å². The standard InChI is InChI=1S/C63H101N5O30/c1-9-10-11-12-13-14-15-16-17-21-89-36-20-18-19-35(22-36)59(87)68-43-50(83)49(82)40(24-70)93-60(43)98-57-42(26-72)95-62(45(52(57)85)67-34(7)76)96-54(38(77)23-69)48(81)37(65-32(5)74)27-90-56-41(25-71)94-61(44(51(56)84)66-33(6)75)97-55(46(79)29(2)64-31(4)73)39(78)28-91-63-58(88-8)53(86)47(80)30(3)92-63/h14-15,18-20,22,27,30,38-58,60-63,69-72,77-86H,2,9-13,16-17,21,23-26,28H2,1,3-8H3,(H,64,73)(H,65,74)(H,66,75)(H,67,76)(H,68,87)/b15-14-,37-27+/t30?,38?,39?,40?,41?,42?,43?,44?,45?,46-,47?,48-,49-,50?,51?,52?,53?,54?,55?,56-,57-,58?,60?,61?,62?,63-/m1/s1. The van der Waals surface area contributed by atoms with Crippen molar-refractivity contribution < 1.29 is 148 Å². The first kappa shape index (κ1) is 83.1. The second-order valence-corrected chi connectivity index (χ2v) is 24.2. The number of methoxy groups -OCH3 is 1. The van der Waals surface area contributed by atoms with Crippen LogP contribution in [0.25, 0.3) is 0 Å². The van der Waals surface area contributed by atoms with Gasteiger partial charge in [-0.05, 0) is 50.8 Å². The fraction of sp³-hybridized carbons (Fsp3) is 0.730. The molecule has 35 heteroatoms. The van der Waals surface area contributed by atoms with Crippen molar-refractivity contribution >= 4 is 29.5 Å². The minimum atomic E-state index is -2.39. The number of allylic oxidation sites excluding steroid dienone is 2. The fourth-order valence-corrected chi connectivity index (χ4v) is 11.3. The van der Waals surface area contributed by atoms with E-state index >= 15 is 0 Å². The van der Waals surface area contributed by atoms with Crippen LogP contribution in [0.2, 0.25) is 0 Å². The number of nitrogens with one attached hydrogen (secondary N) is 5. The molecule has 35 nitrogen and oxygen atoms in total. The minimum Gasteiger partial charge on any atom is -0.494 e. The highest BCUT2D eigenvalue weighted by Crippen LogP contribution is 2.34. The lowest BCUT2D eigenvalue weighted by Gasteiger charge is -2.48. The number of rotatable bonds is 38. The Morgan fingerprint density at radius 2 is 1.16 bits per heavy atom. The normalized spacial score (nSPS) is 32.5. The third-order valence-electron chi connectivity index (χ3n) is 16.5. The maximum absolute atomic E-state index is 13.9. The van der Waals surface area contributed by atoms with E-state index in [0.717, 1.165) is 53.4 Å². The predicted molar refractivity (Wildman–Crippen MR) is 335 cm³/mol. The van der Waals surface area contributed by atoms with Gasteiger partial charge in [0.2, 0.25) is 23.6 Å². The third kappa shape index (κ3) is 23.3. The SMILES string of the molecule is C=C(NC(C)=O)[C@@H](O)C(OC1OC(CO)[C@@H](O/C=C(/NC(C)=O)[C@@H](O)C(OC2OC(CO)[C@@H](OC3OC(CO)[C@@H](O)C(O)C3NC(=O)c3cccc(OCCC/C=C\CCCCCC)c3)C(O)C2NC(C)=O)C(O)CO)C(O)C1NC(C)=O)C(O)CO[C@@H]1OC(C)C(O)C(O)C1OC. The highest BCUT2D eigenvalue weighted by atomic mass is 16.7. The number of hydrogen-bond acceptors (Lipinski definition) is 30. The Morgan fingerprint density at radius 3 is 1.72 bits per heavy atom. The van der Waals surface area contributed by atoms with Gasteiger partial charge < -0.3 is 150 Å². The van der Waals surface area contributed by atoms with Crippen molar-refractivity contribution in [2.24, 2.45) is 0 Å². The van der Waals surface area contributed by atoms with Gasteiger partial charge in [0.25, 0.3) is 5.91 Å². The molecule has 0 radical (unpaired) electrons. The number of aliphatic hydroxyl groups excluding tert-OH is 14. The van der Waals surface area contributed by atoms with Crippen LogP contribution in [0.3, 0.4) is 0 Å². The van der Waals surface area contributed by atoms with Crippen molar-refractivity contribution in [3.8, 4) is 5.75 Å². The highest BCUT2D eigenvalue weighted by molar-refractivity contribution is 5.94. The highest BCUT2D eigenvalue weighted by Gasteiger charge is 2.55. The first-order valence-corrected chi connectivity index (χ1v) is 32.3. The van der Waals surface area contributed by atoms with Crippen LogP contribution in [0.4, 0.5) is 0 Å². The third-order valence-corrected chi connectivity index (χ3v) is 16.5. The molecule has 558 valence electrons. The van der Waals surface area contributed by atoms with E-state index in [2.05, 4.69) is 52.2 Å². The van der Waals surface area contributed by atoms with E-state index in [1.54, 1.807) is 12.1 Å². The second-order valence-electron chi connectivity index (χ2n) is 24.2. The largest absolute Gasteiger partial charge is 0.494 e. The van der Waals surface area contributed by atoms with Crippen molar-refractivity contribution in [1.82, 2.24) is 26.6 Å². The zero-order chi connectivity index (χ0) is 72.7. The number of carbonyl (C=O) groups excluding carboxylic acids is 5. The van der Waals surface area contributed by atoms with Crippen molar-refractivity contribution in [2.45, 2.75) is 246 Å². The van der Waals surface area contributed by atoms with Crippen LogP contribution in [0.5, 0.6) is 5.75 Å². The molecule has 5 rings (SSSR count). The number of hydrogen-bond donors (Lipinski definition) is 19. The van der Waals surface area contributed by atoms with Crippen LogP contribution < -0.4 is 31.3 Å². The zero-order valence-corrected chi connectivity index (χ0v) is 55.7. The predicted octanol–water partition coefficient (Wildman–Crippen LogP) is -5.82. The van der Waals surface area contributed by atoms with Crippen LogP contribution in [-0.4, -0.2) is 307 Å². The van der Waals surface area contributed by atoms with Gasteiger partial charge in [0.1, 0.15) is 134 Å². The van der Waals surface area contributed by atoms with Gasteiger partial charge in [0.15, 0.2) is 31.3 Å². The van der Waals surface area contributed by atoms with Crippen LogP contribution in [-0.2, 0) is 66.5 Å². The van der Waals surface area contributed by atoms with E-state index in [-0.39, 0.29) is 5.56 Å². The topological polar surface area (TPSA) is 530 Å². The molecule has 1 aromatic carbocycles. The maximum atomic E-state index is 13.9. The summed E-state index contributed by atoms with van der Waals surface area (Å²) in [6, 6.07) is 0.706. The molecule has 20 unspecified atom stereocenters. The van der Waals surface area contributed by atoms with Crippen molar-refractivity contribution in [1.29, 1.82) is 0 Å². The number of benzene rings is 1. The van der Waals surface area contributed by atoms with Crippen LogP contribution in [0.1, 0.15) is 96.8 Å². The van der Waals surface area contributed by atoms with Crippen LogP contribution >= 0.6 is 0 Å². The molecule has 5 amide bonds. The molecule has 4 heterocycles. The van der Waals surface area contributed by atoms with Gasteiger partial charge >= 0.3 is 0 Å². The molecule has 26 atom stereocenters. The van der Waals surface area contributed by atoms with Gasteiger partial charge in [0, 0.05) is 46.1 Å². The lowest BCUT2D eigenvalue weighted by atomic mass is 9.94. The Morgan fingerprint density at radius 1 is 0.602 bits per heavy atom. The van der Waals surface area contributed by atoms with Crippen molar-refractivity contribution in [3.05, 3.63) is 66.2 Å². The van der Waals surface area contributed by atoms with Crippen LogP contribution in [0, 0.1) is 0 Å². The summed E-state index contributed by atoms with van der Waals surface area (Å²) in [4.78, 5) is 64.5. The summed E-state index contributed by atoms with van der Waals surface area (Å²) in [5, 5.41) is 168. The van der Waals surface area contributed by atoms with Gasteiger partial charge in [-0.3, -0.25) is 24.0 Å². The number of amides is 5. The Hall–Kier alpha value is -5.53. The summed E-state index contributed by atoms with van der Waals surface area (Å²) >= 11 is 0. The molecule has 0 spiro atoms. The molecule has 0 aromatic heterocycles. The molecule has 4 fully saturated rings. The molecule has 0 bridgehead atoms. The Balaban J connectivity index is 1.38. The van der Waals surface area contributed by atoms with E-state index in [0.29, 0.717) is 25.0 Å². The van der Waals surface area contributed by atoms with Gasteiger partial charge in [-0.25, -0.2) is 0 Å². The summed E-state index contributed by atoms with van der Waals surface area (Å²) in [5.74, 6) is -3.88. The summed E-state index contributed by atoms with van der Waals surface area (Å²) < 4.78 is 64.5. The molecule has 19 N–H and O–H groups in total. The summed E-state index contributed by atoms with van der Waals surface area (Å²) in [7, 11) is 1.18. The van der Waals surface area contributed by atoms with E-state index < -0.39 is 233 Å². The molecule has 0 aliphatic carbocycles. The van der Waals surface area contributed by atoms with Crippen molar-refractivity contribution in [3.63, 3.8) is 0 Å². The average Bonchev–Trinajstić information content (AvgIpc) is 0.778. The molecular formula is C63H101N5O30. The number of unbranched alkanes of at least 4 members (excludes halogenated alkanes) is 5. The first-order chi connectivity index (χ1) is 46.5. The molecule has 4 aliphatic heterocycles. The molecule has 4 aliphatic rings. The van der Waals surface area contributed by atoms with E-state index in [9.17, 15) is 95.5 Å². The lowest BCUT2D eigenvalue weighted by Crippen LogP contribution is -2.69. The molecule has 1 aromatic rings. The summed E-state index contributed by atoms with van der Waals surface area (Å²) in [6.45, 7) is 6.49. The molecule has 0 saturated carbocycles. The van der Waals surface area contributed by atoms with Gasteiger partial charge in [-0.1, -0.05) is 51.0 Å². The second kappa shape index (κ2) is 40.8. The average molecular weight is 1410 g/mol. The number of carbonyl (C=O) groups is 5. The van der Waals surface area contributed by atoms with E-state index in [1.165, 1.54) is 39.0 Å². The van der Waals surface area contributed by atoms with Crippen molar-refractivity contribution in [2.75, 3.05) is 46.8 Å². The lowest BCUT2D eigenvalue weighted by molar-refractivity contribution is -0.340. The van der Waals surface area contributed by atoms with Gasteiger partial charge in [-0.15, -0.1) is 0 Å². The van der Waals surface area contributed by atoms with Gasteiger partial charge in [0.05, 0.1) is 51.4 Å². The Labute approximate surface area is 566 Å². The summed E-state index contributed by atoms with van der Waals surface area (Å²) in [5.41, 5.74) is -1.16. The maximum Gasteiger partial charge on any atom is 0.251 e.